The van der Waals surface area contributed by atoms with Crippen LogP contribution in [0.4, 0.5) is 5.69 Å². The molecular weight excluding hydrogens is 366 g/mol. The minimum Gasteiger partial charge on any atom is -0.497 e. The second-order valence-corrected chi connectivity index (χ2v) is 7.42. The van der Waals surface area contributed by atoms with E-state index in [0.29, 0.717) is 12.5 Å². The van der Waals surface area contributed by atoms with Gasteiger partial charge in [0.25, 0.3) is 0 Å². The van der Waals surface area contributed by atoms with E-state index in [1.165, 1.54) is 5.69 Å². The van der Waals surface area contributed by atoms with Crippen LogP contribution in [0.1, 0.15) is 27.2 Å². The number of anilines is 1. The van der Waals surface area contributed by atoms with Gasteiger partial charge < -0.3 is 24.8 Å². The summed E-state index contributed by atoms with van der Waals surface area (Å²) in [4.78, 5) is 23.4. The van der Waals surface area contributed by atoms with Crippen molar-refractivity contribution < 1.29 is 9.53 Å². The van der Waals surface area contributed by atoms with Crippen LogP contribution in [0.5, 0.6) is 5.75 Å². The predicted octanol–water partition coefficient (Wildman–Crippen LogP) is 2.29. The van der Waals surface area contributed by atoms with Crippen molar-refractivity contribution in [1.82, 2.24) is 15.1 Å². The highest BCUT2D eigenvalue weighted by molar-refractivity contribution is 5.86. The number of benzene rings is 1. The van der Waals surface area contributed by atoms with Crippen molar-refractivity contribution in [3.8, 4) is 5.75 Å². The number of methoxy groups -OCH3 is 1. The zero-order chi connectivity index (χ0) is 21.2. The fourth-order valence-corrected chi connectivity index (χ4v) is 3.66. The van der Waals surface area contributed by atoms with Crippen LogP contribution in [0.2, 0.25) is 0 Å². The zero-order valence-corrected chi connectivity index (χ0v) is 18.6. The lowest BCUT2D eigenvalue weighted by molar-refractivity contribution is -0.131. The van der Waals surface area contributed by atoms with Crippen LogP contribution in [-0.4, -0.2) is 81.6 Å². The molecule has 1 aliphatic heterocycles. The molecule has 162 valence electrons. The van der Waals surface area contributed by atoms with Crippen molar-refractivity contribution >= 4 is 17.6 Å². The average molecular weight is 404 g/mol. The summed E-state index contributed by atoms with van der Waals surface area (Å²) in [5, 5.41) is 3.32. The number of aliphatic imine (C=N–C) groups is 1. The maximum atomic E-state index is 12.4. The number of hydrogen-bond donors (Lipinski definition) is 1. The average Bonchev–Trinajstić information content (AvgIpc) is 3.21. The first-order valence-electron chi connectivity index (χ1n) is 10.7. The maximum Gasteiger partial charge on any atom is 0.242 e. The van der Waals surface area contributed by atoms with E-state index in [9.17, 15) is 4.79 Å². The number of ether oxygens (including phenoxy) is 1. The Hall–Kier alpha value is -2.44. The third-order valence-corrected chi connectivity index (χ3v) is 5.39. The Morgan fingerprint density at radius 3 is 2.72 bits per heavy atom. The highest BCUT2D eigenvalue weighted by Crippen LogP contribution is 2.27. The van der Waals surface area contributed by atoms with Crippen LogP contribution >= 0.6 is 0 Å². The van der Waals surface area contributed by atoms with E-state index in [2.05, 4.69) is 29.3 Å². The van der Waals surface area contributed by atoms with Crippen molar-refractivity contribution in [2.45, 2.75) is 27.2 Å². The van der Waals surface area contributed by atoms with E-state index >= 15 is 0 Å². The molecule has 7 heteroatoms. The summed E-state index contributed by atoms with van der Waals surface area (Å²) < 4.78 is 5.34. The maximum absolute atomic E-state index is 12.4. The molecule has 1 aromatic carbocycles. The number of hydrogen-bond acceptors (Lipinski definition) is 4. The number of carbonyl (C=O) groups excluding carboxylic acids is 1. The lowest BCUT2D eigenvalue weighted by atomic mass is 10.1. The van der Waals surface area contributed by atoms with Gasteiger partial charge in [0, 0.05) is 58.1 Å². The monoisotopic (exact) mass is 403 g/mol. The fourth-order valence-electron chi connectivity index (χ4n) is 3.66. The molecule has 1 unspecified atom stereocenters. The molecule has 1 aliphatic rings. The summed E-state index contributed by atoms with van der Waals surface area (Å²) in [6.07, 6.45) is 1.11. The van der Waals surface area contributed by atoms with Crippen molar-refractivity contribution in [2.75, 3.05) is 64.9 Å². The van der Waals surface area contributed by atoms with Gasteiger partial charge in [0.15, 0.2) is 5.96 Å². The molecule has 1 saturated heterocycles. The predicted molar refractivity (Wildman–Crippen MR) is 120 cm³/mol. The first-order chi connectivity index (χ1) is 14.0. The molecule has 0 bridgehead atoms. The second-order valence-electron chi connectivity index (χ2n) is 7.42. The second kappa shape index (κ2) is 11.5. The van der Waals surface area contributed by atoms with Crippen LogP contribution < -0.4 is 15.0 Å². The van der Waals surface area contributed by atoms with E-state index < -0.39 is 0 Å². The number of likely N-dealkylation sites (N-methyl/N-ethyl adjacent to an activating group) is 2. The smallest absolute Gasteiger partial charge is 0.242 e. The molecule has 1 N–H and O–H groups in total. The Kier molecular flexibility index (Phi) is 9.09. The summed E-state index contributed by atoms with van der Waals surface area (Å²) in [5.74, 6) is 2.32. The molecule has 0 aliphatic carbocycles. The van der Waals surface area contributed by atoms with E-state index in [1.807, 2.05) is 42.8 Å². The highest BCUT2D eigenvalue weighted by Gasteiger charge is 2.23. The van der Waals surface area contributed by atoms with Crippen molar-refractivity contribution in [2.24, 2.45) is 10.9 Å². The van der Waals surface area contributed by atoms with Gasteiger partial charge in [0.1, 0.15) is 5.75 Å². The summed E-state index contributed by atoms with van der Waals surface area (Å²) in [5.41, 5.74) is 1.20. The lowest BCUT2D eigenvalue weighted by Gasteiger charge is -2.26. The van der Waals surface area contributed by atoms with Gasteiger partial charge >= 0.3 is 0 Å². The summed E-state index contributed by atoms with van der Waals surface area (Å²) >= 11 is 0. The minimum atomic E-state index is 0.133. The fraction of sp³-hybridized carbons (Fsp3) is 0.636. The normalized spacial score (nSPS) is 16.7. The number of nitrogens with one attached hydrogen (secondary N) is 1. The Morgan fingerprint density at radius 1 is 1.31 bits per heavy atom. The van der Waals surface area contributed by atoms with E-state index in [0.717, 1.165) is 57.4 Å². The minimum absolute atomic E-state index is 0.133. The first kappa shape index (κ1) is 22.8. The van der Waals surface area contributed by atoms with Crippen LogP contribution in [0.15, 0.2) is 29.3 Å². The standard InChI is InChI=1S/C22H37N5O2/c1-6-23-22(25(4)17-21(28)26(7-2)8-3)24-15-18-12-13-27(16-18)19-10-9-11-20(14-19)29-5/h9-11,14,18H,6-8,12-13,15-17H2,1-5H3,(H,23,24). The molecule has 2 rings (SSSR count). The zero-order valence-electron chi connectivity index (χ0n) is 18.6. The quantitative estimate of drug-likeness (QED) is 0.506. The van der Waals surface area contributed by atoms with Crippen LogP contribution in [0, 0.1) is 5.92 Å². The van der Waals surface area contributed by atoms with Gasteiger partial charge in [-0.25, -0.2) is 0 Å². The molecule has 0 aromatic heterocycles. The molecule has 1 amide bonds. The van der Waals surface area contributed by atoms with E-state index in [-0.39, 0.29) is 5.91 Å². The Labute approximate surface area is 175 Å². The molecule has 1 fully saturated rings. The molecular formula is C22H37N5O2. The van der Waals surface area contributed by atoms with Gasteiger partial charge in [0.05, 0.1) is 13.7 Å². The van der Waals surface area contributed by atoms with Crippen LogP contribution in [0.25, 0.3) is 0 Å². The molecule has 0 spiro atoms. The molecule has 0 radical (unpaired) electrons. The van der Waals surface area contributed by atoms with Gasteiger partial charge in [-0.05, 0) is 45.2 Å². The lowest BCUT2D eigenvalue weighted by Crippen LogP contribution is -2.45. The van der Waals surface area contributed by atoms with E-state index in [1.54, 1.807) is 7.11 Å². The van der Waals surface area contributed by atoms with Gasteiger partial charge in [-0.1, -0.05) is 6.07 Å². The van der Waals surface area contributed by atoms with Gasteiger partial charge in [-0.2, -0.15) is 0 Å². The number of guanidine groups is 1. The summed E-state index contributed by atoms with van der Waals surface area (Å²) in [6, 6.07) is 8.22. The van der Waals surface area contributed by atoms with Crippen LogP contribution in [-0.2, 0) is 4.79 Å². The summed E-state index contributed by atoms with van der Waals surface area (Å²) in [6.45, 7) is 11.4. The number of rotatable bonds is 9. The topological polar surface area (TPSA) is 60.4 Å². The molecule has 1 atom stereocenters. The third kappa shape index (κ3) is 6.54. The highest BCUT2D eigenvalue weighted by atomic mass is 16.5. The van der Waals surface area contributed by atoms with Crippen LogP contribution in [0.3, 0.4) is 0 Å². The first-order valence-corrected chi connectivity index (χ1v) is 10.7. The molecule has 1 heterocycles. The Morgan fingerprint density at radius 2 is 2.07 bits per heavy atom. The Bertz CT molecular complexity index is 675. The molecule has 0 saturated carbocycles. The largest absolute Gasteiger partial charge is 0.497 e. The number of carbonyl (C=O) groups is 1. The van der Waals surface area contributed by atoms with Crippen molar-refractivity contribution in [3.05, 3.63) is 24.3 Å². The van der Waals surface area contributed by atoms with E-state index in [4.69, 9.17) is 9.73 Å². The number of nitrogens with zero attached hydrogens (tertiary/aromatic N) is 4. The van der Waals surface area contributed by atoms with Crippen molar-refractivity contribution in [3.63, 3.8) is 0 Å². The molecule has 1 aromatic rings. The number of amides is 1. The Balaban J connectivity index is 1.95. The van der Waals surface area contributed by atoms with Gasteiger partial charge in [0.2, 0.25) is 5.91 Å². The SMILES string of the molecule is CCNC(=NCC1CCN(c2cccc(OC)c2)C1)N(C)CC(=O)N(CC)CC. The summed E-state index contributed by atoms with van der Waals surface area (Å²) in [7, 11) is 3.63. The molecule has 7 nitrogen and oxygen atoms in total. The van der Waals surface area contributed by atoms with Gasteiger partial charge in [-0.15, -0.1) is 0 Å². The third-order valence-electron chi connectivity index (χ3n) is 5.39. The van der Waals surface area contributed by atoms with Crippen molar-refractivity contribution in [1.29, 1.82) is 0 Å². The molecule has 29 heavy (non-hydrogen) atoms. The van der Waals surface area contributed by atoms with Gasteiger partial charge in [-0.3, -0.25) is 9.79 Å².